The summed E-state index contributed by atoms with van der Waals surface area (Å²) in [6, 6.07) is 6.74. The van der Waals surface area contributed by atoms with Gasteiger partial charge in [-0.2, -0.15) is 13.1 Å². The third-order valence-electron chi connectivity index (χ3n) is 3.87. The van der Waals surface area contributed by atoms with Gasteiger partial charge in [0.05, 0.1) is 4.90 Å². The molecular weight excluding hydrogens is 274 g/mol. The monoisotopic (exact) mass is 296 g/mol. The Morgan fingerprint density at radius 2 is 1.80 bits per heavy atom. The molecule has 1 aromatic rings. The minimum absolute atomic E-state index is 0.112. The molecule has 0 saturated carbocycles. The summed E-state index contributed by atoms with van der Waals surface area (Å²) < 4.78 is 30.2. The summed E-state index contributed by atoms with van der Waals surface area (Å²) in [5, 5.41) is 0. The molecule has 0 bridgehead atoms. The van der Waals surface area contributed by atoms with E-state index >= 15 is 0 Å². The number of aryl methyl sites for hydroxylation is 1. The predicted octanol–water partition coefficient (Wildman–Crippen LogP) is 2.66. The van der Waals surface area contributed by atoms with Crippen LogP contribution in [0, 0.1) is 12.8 Å². The molecule has 1 aromatic carbocycles. The summed E-state index contributed by atoms with van der Waals surface area (Å²) in [5.41, 5.74) is 1.02. The van der Waals surface area contributed by atoms with E-state index in [1.807, 2.05) is 20.0 Å². The second-order valence-corrected chi connectivity index (χ2v) is 7.19. The van der Waals surface area contributed by atoms with Crippen molar-refractivity contribution in [1.29, 1.82) is 0 Å². The maximum Gasteiger partial charge on any atom is 0.342 e. The molecule has 0 spiro atoms. The van der Waals surface area contributed by atoms with Crippen LogP contribution in [0.3, 0.4) is 0 Å². The Labute approximate surface area is 121 Å². The lowest BCUT2D eigenvalue weighted by atomic mass is 9.97. The molecule has 1 fully saturated rings. The first-order chi connectivity index (χ1) is 9.35. The van der Waals surface area contributed by atoms with Gasteiger partial charge in [0.1, 0.15) is 20.1 Å². The largest absolute Gasteiger partial charge is 0.342 e. The molecule has 2 rings (SSSR count). The van der Waals surface area contributed by atoms with E-state index in [1.165, 1.54) is 0 Å². The zero-order valence-corrected chi connectivity index (χ0v) is 12.9. The Morgan fingerprint density at radius 3 is 2.30 bits per heavy atom. The number of nitrogens with zero attached hydrogens (tertiary/aromatic N) is 1. The fourth-order valence-electron chi connectivity index (χ4n) is 2.43. The van der Waals surface area contributed by atoms with Gasteiger partial charge in [0.2, 0.25) is 0 Å². The Balaban J connectivity index is 2.12. The molecule has 1 saturated heterocycles. The SMILES string of the molecule is C=CC1CC[N+](C)(OS(=O)(=O)c2ccc(C)cc2)CC1. The molecule has 0 unspecified atom stereocenters. The Hall–Kier alpha value is -1.17. The highest BCUT2D eigenvalue weighted by Crippen LogP contribution is 2.26. The lowest BCUT2D eigenvalue weighted by Gasteiger charge is -2.35. The van der Waals surface area contributed by atoms with Crippen molar-refractivity contribution in [2.45, 2.75) is 24.7 Å². The summed E-state index contributed by atoms with van der Waals surface area (Å²) in [6.07, 6.45) is 3.75. The molecule has 1 aliphatic heterocycles. The molecule has 20 heavy (non-hydrogen) atoms. The molecule has 0 N–H and O–H groups in total. The van der Waals surface area contributed by atoms with Crippen LogP contribution in [0.2, 0.25) is 0 Å². The second kappa shape index (κ2) is 5.68. The summed E-state index contributed by atoms with van der Waals surface area (Å²) in [4.78, 5) is 0.216. The number of quaternary nitrogens is 1. The summed E-state index contributed by atoms with van der Waals surface area (Å²) in [6.45, 7) is 7.08. The first kappa shape index (κ1) is 15.2. The topological polar surface area (TPSA) is 43.4 Å². The Morgan fingerprint density at radius 1 is 1.25 bits per heavy atom. The van der Waals surface area contributed by atoms with Gasteiger partial charge in [-0.15, -0.1) is 6.58 Å². The van der Waals surface area contributed by atoms with E-state index in [-0.39, 0.29) is 9.54 Å². The molecule has 5 heteroatoms. The molecule has 1 heterocycles. The molecule has 0 aliphatic carbocycles. The molecule has 0 amide bonds. The van der Waals surface area contributed by atoms with Crippen molar-refractivity contribution in [2.24, 2.45) is 5.92 Å². The standard InChI is InChI=1S/C15H22NO3S/c1-4-14-9-11-16(3,12-10-14)19-20(17,18)15-7-5-13(2)6-8-15/h4-8,14H,1,9-12H2,2-3H3/q+1. The van der Waals surface area contributed by atoms with Crippen LogP contribution in [0.15, 0.2) is 41.8 Å². The zero-order valence-electron chi connectivity index (χ0n) is 12.1. The van der Waals surface area contributed by atoms with Crippen molar-refractivity contribution in [3.05, 3.63) is 42.5 Å². The Bertz CT molecular complexity index is 570. The van der Waals surface area contributed by atoms with E-state index in [1.54, 1.807) is 24.3 Å². The predicted molar refractivity (Wildman–Crippen MR) is 78.3 cm³/mol. The van der Waals surface area contributed by atoms with Crippen molar-refractivity contribution >= 4 is 10.1 Å². The van der Waals surface area contributed by atoms with Crippen LogP contribution < -0.4 is 0 Å². The number of likely N-dealkylation sites (tertiary alicyclic amines) is 1. The number of hydrogen-bond donors (Lipinski definition) is 0. The van der Waals surface area contributed by atoms with E-state index in [4.69, 9.17) is 4.28 Å². The third kappa shape index (κ3) is 3.48. The van der Waals surface area contributed by atoms with E-state index in [0.717, 1.165) is 18.4 Å². The molecule has 4 nitrogen and oxygen atoms in total. The number of piperidine rings is 1. The number of allylic oxidation sites excluding steroid dienone is 1. The average Bonchev–Trinajstić information content (AvgIpc) is 2.39. The zero-order chi connectivity index (χ0) is 14.8. The lowest BCUT2D eigenvalue weighted by molar-refractivity contribution is -1.07. The number of rotatable bonds is 4. The van der Waals surface area contributed by atoms with E-state index in [9.17, 15) is 8.42 Å². The van der Waals surface area contributed by atoms with E-state index in [0.29, 0.717) is 19.0 Å². The van der Waals surface area contributed by atoms with Crippen molar-refractivity contribution in [3.63, 3.8) is 0 Å². The van der Waals surface area contributed by atoms with E-state index in [2.05, 4.69) is 6.58 Å². The first-order valence-electron chi connectivity index (χ1n) is 6.85. The second-order valence-electron chi connectivity index (χ2n) is 5.66. The van der Waals surface area contributed by atoms with Gasteiger partial charge in [0.25, 0.3) is 0 Å². The number of benzene rings is 1. The number of hydrogen-bond acceptors (Lipinski definition) is 3. The molecule has 0 atom stereocenters. The van der Waals surface area contributed by atoms with Gasteiger partial charge in [-0.05, 0) is 25.0 Å². The van der Waals surface area contributed by atoms with Crippen LogP contribution >= 0.6 is 0 Å². The normalized spacial score (nSPS) is 27.2. The minimum Gasteiger partial charge on any atom is -0.189 e. The summed E-state index contributed by atoms with van der Waals surface area (Å²) >= 11 is 0. The maximum atomic E-state index is 12.3. The van der Waals surface area contributed by atoms with Crippen LogP contribution in [-0.2, 0) is 14.4 Å². The van der Waals surface area contributed by atoms with Gasteiger partial charge in [-0.3, -0.25) is 0 Å². The molecular formula is C15H22NO3S+. The highest BCUT2D eigenvalue weighted by Gasteiger charge is 2.36. The molecule has 110 valence electrons. The molecule has 0 aromatic heterocycles. The maximum absolute atomic E-state index is 12.3. The fraction of sp³-hybridized carbons (Fsp3) is 0.467. The van der Waals surface area contributed by atoms with Crippen LogP contribution in [0.4, 0.5) is 0 Å². The Kier molecular flexibility index (Phi) is 4.32. The van der Waals surface area contributed by atoms with Crippen LogP contribution in [0.1, 0.15) is 18.4 Å². The highest BCUT2D eigenvalue weighted by atomic mass is 32.2. The summed E-state index contributed by atoms with van der Waals surface area (Å²) in [5.74, 6) is 0.465. The third-order valence-corrected chi connectivity index (χ3v) is 5.27. The van der Waals surface area contributed by atoms with Crippen molar-refractivity contribution in [3.8, 4) is 0 Å². The minimum atomic E-state index is -3.71. The molecule has 0 radical (unpaired) electrons. The van der Waals surface area contributed by atoms with Crippen molar-refractivity contribution < 1.29 is 17.3 Å². The lowest BCUT2D eigenvalue weighted by Crippen LogP contribution is -2.50. The van der Waals surface area contributed by atoms with Gasteiger partial charge >= 0.3 is 10.1 Å². The highest BCUT2D eigenvalue weighted by molar-refractivity contribution is 7.86. The van der Waals surface area contributed by atoms with Gasteiger partial charge in [-0.25, -0.2) is 0 Å². The van der Waals surface area contributed by atoms with Crippen molar-refractivity contribution in [2.75, 3.05) is 20.1 Å². The first-order valence-corrected chi connectivity index (χ1v) is 8.25. The molecule has 1 aliphatic rings. The van der Waals surface area contributed by atoms with Gasteiger partial charge in [0, 0.05) is 12.8 Å². The van der Waals surface area contributed by atoms with Gasteiger partial charge < -0.3 is 0 Å². The van der Waals surface area contributed by atoms with E-state index < -0.39 is 10.1 Å². The van der Waals surface area contributed by atoms with Crippen LogP contribution in [0.5, 0.6) is 0 Å². The van der Waals surface area contributed by atoms with Crippen LogP contribution in [0.25, 0.3) is 0 Å². The summed E-state index contributed by atoms with van der Waals surface area (Å²) in [7, 11) is -1.89. The van der Waals surface area contributed by atoms with Crippen molar-refractivity contribution in [1.82, 2.24) is 0 Å². The fourth-order valence-corrected chi connectivity index (χ4v) is 3.61. The number of hydroxylamine groups is 3. The quantitative estimate of drug-likeness (QED) is 0.634. The average molecular weight is 296 g/mol. The van der Waals surface area contributed by atoms with Gasteiger partial charge in [0.15, 0.2) is 0 Å². The van der Waals surface area contributed by atoms with Gasteiger partial charge in [-0.1, -0.05) is 28.1 Å². The van der Waals surface area contributed by atoms with Crippen LogP contribution in [-0.4, -0.2) is 33.2 Å². The smallest absolute Gasteiger partial charge is 0.189 e.